The maximum Gasteiger partial charge on any atom is 3.00 e. The first-order chi connectivity index (χ1) is 21.9. The van der Waals surface area contributed by atoms with Gasteiger partial charge in [0.05, 0.1) is 25.1 Å². The van der Waals surface area contributed by atoms with Gasteiger partial charge in [-0.15, -0.1) is 30.3 Å². The monoisotopic (exact) mass is 731 g/mol. The van der Waals surface area contributed by atoms with Gasteiger partial charge in [-0.2, -0.15) is 10.2 Å². The molecule has 5 rings (SSSR count). The first kappa shape index (κ1) is 38.7. The van der Waals surface area contributed by atoms with Gasteiger partial charge in [0.2, 0.25) is 10.2 Å². The summed E-state index contributed by atoms with van der Waals surface area (Å²) in [5.41, 5.74) is 6.68. The fraction of sp³-hybridized carbons (Fsp3) is 0. The van der Waals surface area contributed by atoms with Crippen molar-refractivity contribution in [2.75, 3.05) is 0 Å². The van der Waals surface area contributed by atoms with Crippen molar-refractivity contribution >= 4 is 57.5 Å². The molecular weight excluding hydrogens is 714 g/mol. The molecule has 47 heavy (non-hydrogen) atoms. The van der Waals surface area contributed by atoms with Crippen LogP contribution in [-0.2, 0) is 17.4 Å². The molecule has 0 bridgehead atoms. The molecule has 0 atom stereocenters. The molecule has 4 aromatic heterocycles. The molecule has 1 aliphatic heterocycles. The molecule has 25 heteroatoms. The van der Waals surface area contributed by atoms with Crippen LogP contribution in [0.2, 0.25) is 0 Å². The Labute approximate surface area is 280 Å². The van der Waals surface area contributed by atoms with Gasteiger partial charge in [-0.25, -0.2) is 9.98 Å². The third-order valence-electron chi connectivity index (χ3n) is 4.42. The molecule has 0 saturated carbocycles. The summed E-state index contributed by atoms with van der Waals surface area (Å²) >= 11 is 10.9. The molecule has 0 amide bonds. The molecule has 22 nitrogen and oxygen atoms in total. The average Bonchev–Trinajstić information content (AvgIpc) is 3.80. The van der Waals surface area contributed by atoms with Gasteiger partial charge in [0.1, 0.15) is 11.4 Å². The van der Waals surface area contributed by atoms with Gasteiger partial charge in [0.15, 0.2) is 34.5 Å². The van der Waals surface area contributed by atoms with E-state index < -0.39 is 15.3 Å². The van der Waals surface area contributed by atoms with Crippen LogP contribution in [0.5, 0.6) is 0 Å². The summed E-state index contributed by atoms with van der Waals surface area (Å²) in [6, 6.07) is 13.7. The summed E-state index contributed by atoms with van der Waals surface area (Å²) in [6.45, 7) is 0. The Morgan fingerprint density at radius 2 is 0.787 bits per heavy atom. The molecule has 1 radical (unpaired) electrons. The van der Waals surface area contributed by atoms with E-state index in [2.05, 4.69) is 31.0 Å². The van der Waals surface area contributed by atoms with Gasteiger partial charge >= 0.3 is 17.4 Å². The van der Waals surface area contributed by atoms with Crippen LogP contribution in [0.1, 0.15) is 23.0 Å². The van der Waals surface area contributed by atoms with Crippen molar-refractivity contribution in [3.05, 3.63) is 127 Å². The van der Waals surface area contributed by atoms with Crippen LogP contribution in [0.3, 0.4) is 0 Å². The van der Waals surface area contributed by atoms with Crippen molar-refractivity contribution in [1.29, 1.82) is 0 Å². The zero-order chi connectivity index (χ0) is 34.1. The quantitative estimate of drug-likeness (QED) is 0.114. The van der Waals surface area contributed by atoms with Gasteiger partial charge in [-0.3, -0.25) is 10.9 Å². The van der Waals surface area contributed by atoms with Crippen LogP contribution in [0.25, 0.3) is 0 Å². The number of nitrogens with zero attached hydrogens (tertiary/aromatic N) is 7. The number of aliphatic imine (C=N–C) groups is 2. The Morgan fingerprint density at radius 3 is 1.00 bits per heavy atom. The Morgan fingerprint density at radius 1 is 0.553 bits per heavy atom. The van der Waals surface area contributed by atoms with Crippen molar-refractivity contribution in [2.45, 2.75) is 0 Å². The standard InChI is InChI=1S/C22H14N6O4S2.Cr.3HNO3/c33-21-23-17(13-5-1-9-29-13)18(14-6-2-10-30-14)24-22(34)28-26-20(16-8-4-12-32-16)19(25-27-21)15-7-3-11-31-15;;3*2-1(3)4/h1-12H,(H,23,27,33)(H,24,28,34);;3*(H,2,3,4)/q;+3;;;. The normalized spacial score (nSPS) is 16.9. The Hall–Kier alpha value is -6.29. The smallest absolute Gasteiger partial charge is 0.463 e. The maximum absolute atomic E-state index is 8.36. The summed E-state index contributed by atoms with van der Waals surface area (Å²) < 4.78 is 22.2. The molecule has 0 spiro atoms. The molecule has 4 aromatic rings. The van der Waals surface area contributed by atoms with E-state index in [1.165, 1.54) is 25.1 Å². The van der Waals surface area contributed by atoms with Gasteiger partial charge in [0.25, 0.3) is 15.3 Å². The zero-order valence-electron chi connectivity index (χ0n) is 22.7. The van der Waals surface area contributed by atoms with Crippen LogP contribution in [-0.4, -0.2) is 64.0 Å². The van der Waals surface area contributed by atoms with E-state index in [1.807, 2.05) is 0 Å². The number of rotatable bonds is 4. The molecule has 0 aromatic carbocycles. The largest absolute Gasteiger partial charge is 3.00 e. The summed E-state index contributed by atoms with van der Waals surface area (Å²) in [5.74, 6) is 1.61. The third-order valence-corrected chi connectivity index (χ3v) is 4.79. The fourth-order valence-corrected chi connectivity index (χ4v) is 3.29. The molecule has 1 aliphatic rings. The second kappa shape index (κ2) is 19.9. The van der Waals surface area contributed by atoms with Gasteiger partial charge < -0.3 is 33.3 Å². The van der Waals surface area contributed by atoms with Crippen molar-refractivity contribution in [1.82, 2.24) is 10.9 Å². The summed E-state index contributed by atoms with van der Waals surface area (Å²) in [6.07, 6.45) is 6.04. The molecule has 0 saturated heterocycles. The Balaban J connectivity index is 0.000000736. The second-order valence-corrected chi connectivity index (χ2v) is 8.07. The Bertz CT molecular complexity index is 1590. The third kappa shape index (κ3) is 13.9. The van der Waals surface area contributed by atoms with Crippen molar-refractivity contribution in [3.63, 3.8) is 0 Å². The SMILES string of the molecule is O=[N+]([O-])O.O=[N+]([O-])O.O=[N+]([O-])O.S=C1/N=C(c2ccco2)/C(c2ccco2)=N/C(=S)N/N=C(c2ccco2)/C(c2ccco2)=N/N1.[Cr+3]. The van der Waals surface area contributed by atoms with E-state index in [1.54, 1.807) is 48.5 Å². The van der Waals surface area contributed by atoms with Crippen molar-refractivity contribution in [2.24, 2.45) is 20.2 Å². The van der Waals surface area contributed by atoms with Crippen molar-refractivity contribution in [3.8, 4) is 0 Å². The van der Waals surface area contributed by atoms with E-state index in [4.69, 9.17) is 88.1 Å². The Kier molecular flexibility index (Phi) is 16.4. The molecule has 0 unspecified atom stereocenters. The van der Waals surface area contributed by atoms with E-state index in [9.17, 15) is 0 Å². The molecule has 0 fully saturated rings. The van der Waals surface area contributed by atoms with Crippen LogP contribution >= 0.6 is 24.4 Å². The first-order valence-electron chi connectivity index (χ1n) is 11.5. The van der Waals surface area contributed by atoms with E-state index in [0.29, 0.717) is 34.5 Å². The number of hydrogen-bond acceptors (Lipinski definition) is 14. The predicted octanol–water partition coefficient (Wildman–Crippen LogP) is 2.86. The fourth-order valence-electron chi connectivity index (χ4n) is 3.01. The number of furan rings is 4. The predicted molar refractivity (Wildman–Crippen MR) is 159 cm³/mol. The van der Waals surface area contributed by atoms with Crippen molar-refractivity contribution < 1.29 is 65.9 Å². The van der Waals surface area contributed by atoms with Crippen LogP contribution in [0, 0.1) is 30.3 Å². The maximum atomic E-state index is 8.36. The summed E-state index contributed by atoms with van der Waals surface area (Å²) in [7, 11) is 0. The van der Waals surface area contributed by atoms with Gasteiger partial charge in [0, 0.05) is 0 Å². The molecule has 243 valence electrons. The topological polar surface area (TPSA) is 316 Å². The minimum atomic E-state index is -1.50. The minimum absolute atomic E-state index is 0. The van der Waals surface area contributed by atoms with Crippen LogP contribution in [0.4, 0.5) is 0 Å². The number of hydrazone groups is 2. The van der Waals surface area contributed by atoms with E-state index in [-0.39, 0.29) is 39.0 Å². The molecular formula is C22H17CrN9O13S2+3. The first-order valence-corrected chi connectivity index (χ1v) is 12.3. The van der Waals surface area contributed by atoms with Crippen LogP contribution in [0.15, 0.2) is 111 Å². The van der Waals surface area contributed by atoms with E-state index in [0.717, 1.165) is 0 Å². The summed E-state index contributed by atoms with van der Waals surface area (Å²) in [4.78, 5) is 34.1. The van der Waals surface area contributed by atoms with Gasteiger partial charge in [-0.05, 0) is 73.0 Å². The summed E-state index contributed by atoms with van der Waals surface area (Å²) in [5, 5.41) is 49.8. The molecule has 0 aliphatic carbocycles. The number of nitrogens with one attached hydrogen (secondary N) is 2. The average molecular weight is 732 g/mol. The number of thiocarbonyl (C=S) groups is 2. The number of hydrogen-bond donors (Lipinski definition) is 5. The second-order valence-electron chi connectivity index (χ2n) is 7.30. The molecule has 5 N–H and O–H groups in total. The zero-order valence-corrected chi connectivity index (χ0v) is 25.6. The minimum Gasteiger partial charge on any atom is -0.463 e. The van der Waals surface area contributed by atoms with Gasteiger partial charge in [-0.1, -0.05) is 0 Å². The molecule has 5 heterocycles. The van der Waals surface area contributed by atoms with Crippen LogP contribution < -0.4 is 10.9 Å². The van der Waals surface area contributed by atoms with E-state index >= 15 is 0 Å².